The fraction of sp³-hybridized carbons (Fsp3) is 0.917. The first kappa shape index (κ1) is 15.2. The van der Waals surface area contributed by atoms with Gasteiger partial charge in [0.25, 0.3) is 0 Å². The molecule has 1 atom stereocenters. The molecule has 0 aromatic carbocycles. The van der Waals surface area contributed by atoms with Crippen LogP contribution in [0.2, 0.25) is 0 Å². The number of nitrogens with two attached hydrogens (primary N) is 1. The van der Waals surface area contributed by atoms with Gasteiger partial charge in [-0.25, -0.2) is 0 Å². The summed E-state index contributed by atoms with van der Waals surface area (Å²) in [5.74, 6) is 1.11. The highest BCUT2D eigenvalue weighted by molar-refractivity contribution is 5.79. The van der Waals surface area contributed by atoms with Gasteiger partial charge in [0, 0.05) is 12.5 Å². The van der Waals surface area contributed by atoms with Crippen LogP contribution < -0.4 is 11.1 Å². The number of rotatable bonds is 9. The lowest BCUT2D eigenvalue weighted by molar-refractivity contribution is 0.316. The zero-order chi connectivity index (χ0) is 12.4. The van der Waals surface area contributed by atoms with Crippen molar-refractivity contribution in [3.63, 3.8) is 0 Å². The van der Waals surface area contributed by atoms with Crippen molar-refractivity contribution in [1.82, 2.24) is 5.32 Å². The smallest absolute Gasteiger partial charge is 0.139 e. The van der Waals surface area contributed by atoms with Crippen LogP contribution in [0.3, 0.4) is 0 Å². The summed E-state index contributed by atoms with van der Waals surface area (Å²) in [4.78, 5) is 0. The summed E-state index contributed by atoms with van der Waals surface area (Å²) < 4.78 is 0. The third-order valence-electron chi connectivity index (χ3n) is 2.66. The van der Waals surface area contributed by atoms with Crippen molar-refractivity contribution in [2.24, 2.45) is 16.8 Å². The van der Waals surface area contributed by atoms with Crippen LogP contribution in [-0.4, -0.2) is 23.6 Å². The first-order valence-electron chi connectivity index (χ1n) is 6.26. The van der Waals surface area contributed by atoms with Gasteiger partial charge in [0.05, 0.1) is 0 Å². The molecule has 1 unspecified atom stereocenters. The molecule has 4 nitrogen and oxygen atoms in total. The van der Waals surface area contributed by atoms with E-state index in [1.165, 1.54) is 12.8 Å². The molecule has 0 aliphatic carbocycles. The van der Waals surface area contributed by atoms with Crippen LogP contribution >= 0.6 is 0 Å². The topological polar surface area (TPSA) is 70.6 Å². The van der Waals surface area contributed by atoms with Gasteiger partial charge in [0.2, 0.25) is 0 Å². The number of hydrogen-bond donors (Lipinski definition) is 3. The quantitative estimate of drug-likeness (QED) is 0.187. The summed E-state index contributed by atoms with van der Waals surface area (Å²) in [6, 6.07) is 0.589. The number of oxime groups is 1. The molecule has 0 heterocycles. The van der Waals surface area contributed by atoms with Crippen molar-refractivity contribution in [2.75, 3.05) is 6.54 Å². The number of nitrogens with one attached hydrogen (secondary N) is 1. The monoisotopic (exact) mass is 229 g/mol. The second kappa shape index (κ2) is 9.46. The van der Waals surface area contributed by atoms with Gasteiger partial charge in [0.1, 0.15) is 5.84 Å². The maximum absolute atomic E-state index is 8.35. The van der Waals surface area contributed by atoms with Crippen LogP contribution in [-0.2, 0) is 0 Å². The molecule has 0 spiro atoms. The lowest BCUT2D eigenvalue weighted by Crippen LogP contribution is -2.27. The first-order valence-corrected chi connectivity index (χ1v) is 6.26. The molecule has 4 N–H and O–H groups in total. The molecule has 0 saturated carbocycles. The van der Waals surface area contributed by atoms with Crippen molar-refractivity contribution in [3.8, 4) is 0 Å². The maximum atomic E-state index is 8.35. The van der Waals surface area contributed by atoms with Gasteiger partial charge in [-0.05, 0) is 45.1 Å². The minimum Gasteiger partial charge on any atom is -0.409 e. The number of amidine groups is 1. The van der Waals surface area contributed by atoms with Gasteiger partial charge in [-0.1, -0.05) is 19.0 Å². The summed E-state index contributed by atoms with van der Waals surface area (Å²) in [7, 11) is 0. The Balaban J connectivity index is 3.31. The molecule has 0 aliphatic rings. The maximum Gasteiger partial charge on any atom is 0.139 e. The summed E-state index contributed by atoms with van der Waals surface area (Å²) in [5.41, 5.74) is 5.38. The Kier molecular flexibility index (Phi) is 9.00. The molecule has 0 radical (unpaired) electrons. The lowest BCUT2D eigenvalue weighted by atomic mass is 10.0. The minimum atomic E-state index is 0.327. The van der Waals surface area contributed by atoms with Crippen molar-refractivity contribution >= 4 is 5.84 Å². The highest BCUT2D eigenvalue weighted by atomic mass is 16.4. The van der Waals surface area contributed by atoms with Crippen LogP contribution in [0, 0.1) is 5.92 Å². The van der Waals surface area contributed by atoms with Gasteiger partial charge >= 0.3 is 0 Å². The SMILES string of the molecule is CC(C)CCC(C)NCCCCC(N)=NO. The molecule has 0 bridgehead atoms. The number of unbranched alkanes of at least 4 members (excludes halogenated alkanes) is 1. The van der Waals surface area contributed by atoms with Crippen LogP contribution in [0.4, 0.5) is 0 Å². The Hall–Kier alpha value is -0.770. The van der Waals surface area contributed by atoms with Crippen LogP contribution in [0.25, 0.3) is 0 Å². The third kappa shape index (κ3) is 9.77. The van der Waals surface area contributed by atoms with Gasteiger partial charge in [-0.15, -0.1) is 0 Å². The molecule has 0 rings (SSSR count). The van der Waals surface area contributed by atoms with Gasteiger partial charge in [0.15, 0.2) is 0 Å². The van der Waals surface area contributed by atoms with Crippen LogP contribution in [0.1, 0.15) is 52.9 Å². The predicted octanol–water partition coefficient (Wildman–Crippen LogP) is 2.32. The second-order valence-electron chi connectivity index (χ2n) is 4.87. The summed E-state index contributed by atoms with van der Waals surface area (Å²) >= 11 is 0. The summed E-state index contributed by atoms with van der Waals surface area (Å²) in [6.45, 7) is 7.75. The molecule has 0 amide bonds. The van der Waals surface area contributed by atoms with E-state index in [1.807, 2.05) is 0 Å². The lowest BCUT2D eigenvalue weighted by Gasteiger charge is -2.14. The van der Waals surface area contributed by atoms with Crippen molar-refractivity contribution in [1.29, 1.82) is 0 Å². The van der Waals surface area contributed by atoms with E-state index in [-0.39, 0.29) is 0 Å². The van der Waals surface area contributed by atoms with Crippen LogP contribution in [0.15, 0.2) is 5.16 Å². The Labute approximate surface area is 99.3 Å². The van der Waals surface area contributed by atoms with Crippen molar-refractivity contribution in [3.05, 3.63) is 0 Å². The normalized spacial score (nSPS) is 14.4. The molecule has 0 aliphatic heterocycles. The average Bonchev–Trinajstić information content (AvgIpc) is 2.25. The summed E-state index contributed by atoms with van der Waals surface area (Å²) in [6.07, 6.45) is 5.23. The molecule has 0 aromatic rings. The van der Waals surface area contributed by atoms with E-state index in [1.54, 1.807) is 0 Å². The average molecular weight is 229 g/mol. The minimum absolute atomic E-state index is 0.327. The zero-order valence-corrected chi connectivity index (χ0v) is 10.9. The van der Waals surface area contributed by atoms with Gasteiger partial charge in [-0.2, -0.15) is 0 Å². The van der Waals surface area contributed by atoms with E-state index in [2.05, 4.69) is 31.2 Å². The van der Waals surface area contributed by atoms with Crippen LogP contribution in [0.5, 0.6) is 0 Å². The Morgan fingerprint density at radius 2 is 1.94 bits per heavy atom. The van der Waals surface area contributed by atoms with Crippen molar-refractivity contribution < 1.29 is 5.21 Å². The van der Waals surface area contributed by atoms with Gasteiger partial charge < -0.3 is 16.3 Å². The van der Waals surface area contributed by atoms with E-state index >= 15 is 0 Å². The molecule has 96 valence electrons. The second-order valence-corrected chi connectivity index (χ2v) is 4.87. The van der Waals surface area contributed by atoms with E-state index in [0.29, 0.717) is 18.3 Å². The predicted molar refractivity (Wildman–Crippen MR) is 68.8 cm³/mol. The largest absolute Gasteiger partial charge is 0.409 e. The van der Waals surface area contributed by atoms with Crippen molar-refractivity contribution in [2.45, 2.75) is 58.9 Å². The fourth-order valence-corrected chi connectivity index (χ4v) is 1.51. The Morgan fingerprint density at radius 1 is 1.25 bits per heavy atom. The number of hydrogen-bond acceptors (Lipinski definition) is 3. The zero-order valence-electron chi connectivity index (χ0n) is 10.9. The van der Waals surface area contributed by atoms with E-state index in [9.17, 15) is 0 Å². The molecule has 4 heteroatoms. The standard InChI is InChI=1S/C12H27N3O/c1-10(2)7-8-11(3)14-9-5-4-6-12(13)15-16/h10-11,14,16H,4-9H2,1-3H3,(H2,13,15). The van der Waals surface area contributed by atoms with E-state index < -0.39 is 0 Å². The van der Waals surface area contributed by atoms with E-state index in [0.717, 1.165) is 25.3 Å². The molecule has 16 heavy (non-hydrogen) atoms. The van der Waals surface area contributed by atoms with E-state index in [4.69, 9.17) is 10.9 Å². The first-order chi connectivity index (χ1) is 7.56. The Bertz CT molecular complexity index is 193. The molecular formula is C12H27N3O. The highest BCUT2D eigenvalue weighted by Crippen LogP contribution is 2.06. The number of nitrogens with zero attached hydrogens (tertiary/aromatic N) is 1. The Morgan fingerprint density at radius 3 is 2.50 bits per heavy atom. The molecule has 0 saturated heterocycles. The molecular weight excluding hydrogens is 202 g/mol. The molecule has 0 fully saturated rings. The molecule has 0 aromatic heterocycles. The third-order valence-corrected chi connectivity index (χ3v) is 2.66. The highest BCUT2D eigenvalue weighted by Gasteiger charge is 2.02. The van der Waals surface area contributed by atoms with Gasteiger partial charge in [-0.3, -0.25) is 0 Å². The summed E-state index contributed by atoms with van der Waals surface area (Å²) in [5, 5.41) is 14.8. The fourth-order valence-electron chi connectivity index (χ4n) is 1.51.